The molecule has 0 radical (unpaired) electrons. The van der Waals surface area contributed by atoms with Gasteiger partial charge in [0.2, 0.25) is 6.79 Å². The van der Waals surface area contributed by atoms with E-state index in [0.29, 0.717) is 24.3 Å². The van der Waals surface area contributed by atoms with Gasteiger partial charge in [-0.3, -0.25) is 0 Å². The van der Waals surface area contributed by atoms with E-state index in [1.165, 1.54) is 0 Å². The molecule has 1 aromatic rings. The smallest absolute Gasteiger partial charge is 0.231 e. The van der Waals surface area contributed by atoms with E-state index in [1.807, 2.05) is 18.2 Å². The summed E-state index contributed by atoms with van der Waals surface area (Å²) in [7, 11) is 0. The third kappa shape index (κ3) is 3.39. The maximum absolute atomic E-state index is 10.2. The van der Waals surface area contributed by atoms with Gasteiger partial charge in [-0.05, 0) is 30.0 Å². The Morgan fingerprint density at radius 1 is 1.26 bits per heavy atom. The van der Waals surface area contributed by atoms with Crippen LogP contribution in [0.2, 0.25) is 0 Å². The largest absolute Gasteiger partial charge is 0.454 e. The Labute approximate surface area is 114 Å². The number of ether oxygens (including phenoxy) is 2. The fraction of sp³-hybridized carbons (Fsp3) is 0.600. The van der Waals surface area contributed by atoms with Crippen molar-refractivity contribution in [2.45, 2.75) is 39.3 Å². The fourth-order valence-electron chi connectivity index (χ4n) is 2.35. The van der Waals surface area contributed by atoms with Crippen molar-refractivity contribution in [3.63, 3.8) is 0 Å². The first-order valence-corrected chi connectivity index (χ1v) is 6.92. The maximum Gasteiger partial charge on any atom is 0.231 e. The van der Waals surface area contributed by atoms with E-state index in [9.17, 15) is 5.11 Å². The molecule has 1 aromatic carbocycles. The number of nitrogens with one attached hydrogen (secondary N) is 1. The van der Waals surface area contributed by atoms with Crippen LogP contribution in [0.5, 0.6) is 11.5 Å². The zero-order chi connectivity index (χ0) is 13.8. The lowest BCUT2D eigenvalue weighted by molar-refractivity contribution is 0.163. The first-order valence-electron chi connectivity index (χ1n) is 6.92. The summed E-state index contributed by atoms with van der Waals surface area (Å²) in [6.45, 7) is 7.35. The predicted molar refractivity (Wildman–Crippen MR) is 74.4 cm³/mol. The average molecular weight is 265 g/mol. The minimum Gasteiger partial charge on any atom is -0.454 e. The number of fused-ring (bicyclic) bond motifs is 1. The summed E-state index contributed by atoms with van der Waals surface area (Å²) in [5, 5.41) is 13.6. The predicted octanol–water partition coefficient (Wildman–Crippen LogP) is 2.47. The van der Waals surface area contributed by atoms with Crippen LogP contribution in [0.4, 0.5) is 0 Å². The van der Waals surface area contributed by atoms with E-state index < -0.39 is 6.10 Å². The van der Waals surface area contributed by atoms with Crippen molar-refractivity contribution >= 4 is 0 Å². The highest BCUT2D eigenvalue weighted by atomic mass is 16.7. The molecule has 2 rings (SSSR count). The Hall–Kier alpha value is -1.26. The normalized spacial score (nSPS) is 16.7. The van der Waals surface area contributed by atoms with E-state index in [-0.39, 0.29) is 6.79 Å². The highest BCUT2D eigenvalue weighted by Gasteiger charge is 2.18. The molecular formula is C15H23NO3. The Balaban J connectivity index is 1.94. The Morgan fingerprint density at radius 2 is 2.00 bits per heavy atom. The third-order valence-corrected chi connectivity index (χ3v) is 3.60. The summed E-state index contributed by atoms with van der Waals surface area (Å²) in [4.78, 5) is 0. The van der Waals surface area contributed by atoms with Crippen molar-refractivity contribution < 1.29 is 14.6 Å². The van der Waals surface area contributed by atoms with E-state index in [0.717, 1.165) is 17.7 Å². The molecule has 2 unspecified atom stereocenters. The second kappa shape index (κ2) is 6.26. The number of rotatable bonds is 6. The SMILES string of the molecule is CCC(NCC(O)c1ccc2c(c1)OCO2)C(C)C. The molecule has 0 amide bonds. The molecule has 0 bridgehead atoms. The van der Waals surface area contributed by atoms with E-state index in [4.69, 9.17) is 9.47 Å². The van der Waals surface area contributed by atoms with Gasteiger partial charge in [-0.2, -0.15) is 0 Å². The van der Waals surface area contributed by atoms with Crippen molar-refractivity contribution in [3.05, 3.63) is 23.8 Å². The van der Waals surface area contributed by atoms with Gasteiger partial charge in [0, 0.05) is 12.6 Å². The van der Waals surface area contributed by atoms with Gasteiger partial charge in [0.05, 0.1) is 6.10 Å². The quantitative estimate of drug-likeness (QED) is 0.829. The first kappa shape index (κ1) is 14.2. The average Bonchev–Trinajstić information content (AvgIpc) is 2.85. The van der Waals surface area contributed by atoms with Crippen molar-refractivity contribution in [2.75, 3.05) is 13.3 Å². The summed E-state index contributed by atoms with van der Waals surface area (Å²) < 4.78 is 10.6. The van der Waals surface area contributed by atoms with Crippen LogP contribution in [0.25, 0.3) is 0 Å². The zero-order valence-electron chi connectivity index (χ0n) is 11.8. The Bertz CT molecular complexity index is 420. The molecule has 2 atom stereocenters. The van der Waals surface area contributed by atoms with Gasteiger partial charge in [-0.25, -0.2) is 0 Å². The molecule has 1 aliphatic heterocycles. The molecule has 4 heteroatoms. The molecule has 0 saturated heterocycles. The molecule has 0 fully saturated rings. The molecule has 0 aliphatic carbocycles. The molecule has 2 N–H and O–H groups in total. The lowest BCUT2D eigenvalue weighted by atomic mass is 10.0. The lowest BCUT2D eigenvalue weighted by Gasteiger charge is -2.22. The van der Waals surface area contributed by atoms with E-state index in [2.05, 4.69) is 26.1 Å². The molecule has 1 aliphatic rings. The summed E-state index contributed by atoms with van der Waals surface area (Å²) >= 11 is 0. The van der Waals surface area contributed by atoms with Crippen LogP contribution >= 0.6 is 0 Å². The minimum absolute atomic E-state index is 0.262. The second-order valence-corrected chi connectivity index (χ2v) is 5.30. The number of hydrogen-bond acceptors (Lipinski definition) is 4. The summed E-state index contributed by atoms with van der Waals surface area (Å²) in [5.41, 5.74) is 0.857. The van der Waals surface area contributed by atoms with Crippen molar-refractivity contribution in [1.82, 2.24) is 5.32 Å². The summed E-state index contributed by atoms with van der Waals surface area (Å²) in [6.07, 6.45) is 0.535. The lowest BCUT2D eigenvalue weighted by Crippen LogP contribution is -2.36. The monoisotopic (exact) mass is 265 g/mol. The first-order chi connectivity index (χ1) is 9.11. The second-order valence-electron chi connectivity index (χ2n) is 5.30. The highest BCUT2D eigenvalue weighted by Crippen LogP contribution is 2.34. The van der Waals surface area contributed by atoms with Crippen molar-refractivity contribution in [3.8, 4) is 11.5 Å². The van der Waals surface area contributed by atoms with Gasteiger partial charge < -0.3 is 19.9 Å². The standard InChI is InChI=1S/C15H23NO3/c1-4-12(10(2)3)16-8-13(17)11-5-6-14-15(7-11)19-9-18-14/h5-7,10,12-13,16-17H,4,8-9H2,1-3H3. The zero-order valence-corrected chi connectivity index (χ0v) is 11.8. The molecular weight excluding hydrogens is 242 g/mol. The van der Waals surface area contributed by atoms with Crippen LogP contribution in [0, 0.1) is 5.92 Å². The molecule has 106 valence electrons. The van der Waals surface area contributed by atoms with Crippen molar-refractivity contribution in [1.29, 1.82) is 0 Å². The highest BCUT2D eigenvalue weighted by molar-refractivity contribution is 5.45. The van der Waals surface area contributed by atoms with Gasteiger partial charge in [-0.15, -0.1) is 0 Å². The van der Waals surface area contributed by atoms with E-state index >= 15 is 0 Å². The number of aliphatic hydroxyl groups is 1. The Kier molecular flexibility index (Phi) is 4.66. The van der Waals surface area contributed by atoms with Gasteiger partial charge >= 0.3 is 0 Å². The van der Waals surface area contributed by atoms with Crippen molar-refractivity contribution in [2.24, 2.45) is 5.92 Å². The van der Waals surface area contributed by atoms with Gasteiger partial charge in [-0.1, -0.05) is 26.8 Å². The minimum atomic E-state index is -0.526. The molecule has 1 heterocycles. The molecule has 0 aromatic heterocycles. The van der Waals surface area contributed by atoms with Gasteiger partial charge in [0.15, 0.2) is 11.5 Å². The number of aliphatic hydroxyl groups excluding tert-OH is 1. The summed E-state index contributed by atoms with van der Waals surface area (Å²) in [5.74, 6) is 2.03. The number of benzene rings is 1. The third-order valence-electron chi connectivity index (χ3n) is 3.60. The number of hydrogen-bond donors (Lipinski definition) is 2. The Morgan fingerprint density at radius 3 is 2.68 bits per heavy atom. The van der Waals surface area contributed by atoms with E-state index in [1.54, 1.807) is 0 Å². The molecule has 0 spiro atoms. The molecule has 0 saturated carbocycles. The van der Waals surface area contributed by atoms with Crippen LogP contribution in [0.15, 0.2) is 18.2 Å². The summed E-state index contributed by atoms with van der Waals surface area (Å²) in [6, 6.07) is 6.02. The van der Waals surface area contributed by atoms with Crippen LogP contribution in [-0.2, 0) is 0 Å². The fourth-order valence-corrected chi connectivity index (χ4v) is 2.35. The molecule has 19 heavy (non-hydrogen) atoms. The topological polar surface area (TPSA) is 50.7 Å². The molecule has 4 nitrogen and oxygen atoms in total. The van der Waals surface area contributed by atoms with Crippen LogP contribution in [0.1, 0.15) is 38.9 Å². The van der Waals surface area contributed by atoms with Gasteiger partial charge in [0.1, 0.15) is 0 Å². The van der Waals surface area contributed by atoms with Crippen LogP contribution < -0.4 is 14.8 Å². The maximum atomic E-state index is 10.2. The van der Waals surface area contributed by atoms with Crippen LogP contribution in [-0.4, -0.2) is 24.5 Å². The van der Waals surface area contributed by atoms with Crippen LogP contribution in [0.3, 0.4) is 0 Å². The van der Waals surface area contributed by atoms with Gasteiger partial charge in [0.25, 0.3) is 0 Å².